The van der Waals surface area contributed by atoms with Gasteiger partial charge in [-0.05, 0) is 44.5 Å². The van der Waals surface area contributed by atoms with Crippen molar-refractivity contribution in [3.8, 4) is 5.75 Å². The van der Waals surface area contributed by atoms with Crippen LogP contribution in [0.25, 0.3) is 0 Å². The smallest absolute Gasteiger partial charge is 0.253 e. The minimum atomic E-state index is -0.174. The molecular formula is C14H21NO2. The van der Waals surface area contributed by atoms with Crippen molar-refractivity contribution in [3.63, 3.8) is 0 Å². The van der Waals surface area contributed by atoms with Crippen LogP contribution in [-0.2, 0) is 0 Å². The van der Waals surface area contributed by atoms with Crippen LogP contribution in [0, 0.1) is 0 Å². The van der Waals surface area contributed by atoms with Gasteiger partial charge in [-0.2, -0.15) is 0 Å². The quantitative estimate of drug-likeness (QED) is 0.803. The Morgan fingerprint density at radius 1 is 1.24 bits per heavy atom. The maximum atomic E-state index is 11.7. The van der Waals surface area contributed by atoms with E-state index in [9.17, 15) is 4.79 Å². The van der Waals surface area contributed by atoms with Crippen molar-refractivity contribution in [2.75, 3.05) is 14.1 Å². The van der Waals surface area contributed by atoms with Crippen LogP contribution in [-0.4, -0.2) is 30.5 Å². The number of carbonyl (C=O) groups excluding carboxylic acids is 1. The van der Waals surface area contributed by atoms with Gasteiger partial charge in [0.25, 0.3) is 5.91 Å². The SMILES string of the molecule is CCC(C)(C)Oc1ccc(C(=O)N(C)C)cc1. The van der Waals surface area contributed by atoms with Gasteiger partial charge in [-0.15, -0.1) is 0 Å². The summed E-state index contributed by atoms with van der Waals surface area (Å²) < 4.78 is 5.82. The van der Waals surface area contributed by atoms with E-state index in [2.05, 4.69) is 6.92 Å². The average Bonchev–Trinajstić information content (AvgIpc) is 2.28. The highest BCUT2D eigenvalue weighted by Gasteiger charge is 2.17. The fourth-order valence-corrected chi connectivity index (χ4v) is 1.31. The number of hydrogen-bond acceptors (Lipinski definition) is 2. The first-order chi connectivity index (χ1) is 7.85. The normalized spacial score (nSPS) is 11.1. The summed E-state index contributed by atoms with van der Waals surface area (Å²) in [5, 5.41) is 0. The Hall–Kier alpha value is -1.51. The van der Waals surface area contributed by atoms with Crippen molar-refractivity contribution in [3.05, 3.63) is 29.8 Å². The predicted molar refractivity (Wildman–Crippen MR) is 69.5 cm³/mol. The van der Waals surface area contributed by atoms with Gasteiger partial charge in [0.2, 0.25) is 0 Å². The van der Waals surface area contributed by atoms with E-state index in [0.717, 1.165) is 12.2 Å². The molecule has 17 heavy (non-hydrogen) atoms. The molecule has 3 heteroatoms. The molecule has 0 aliphatic rings. The van der Waals surface area contributed by atoms with E-state index in [1.165, 1.54) is 0 Å². The van der Waals surface area contributed by atoms with Crippen molar-refractivity contribution in [2.45, 2.75) is 32.8 Å². The average molecular weight is 235 g/mol. The van der Waals surface area contributed by atoms with Gasteiger partial charge >= 0.3 is 0 Å². The summed E-state index contributed by atoms with van der Waals surface area (Å²) in [6.45, 7) is 6.18. The zero-order valence-electron chi connectivity index (χ0n) is 11.3. The number of carbonyl (C=O) groups is 1. The molecule has 0 aliphatic heterocycles. The molecule has 94 valence electrons. The Kier molecular flexibility index (Phi) is 4.16. The Labute approximate surface area is 103 Å². The van der Waals surface area contributed by atoms with E-state index in [4.69, 9.17) is 4.74 Å². The van der Waals surface area contributed by atoms with Gasteiger partial charge in [0, 0.05) is 19.7 Å². The van der Waals surface area contributed by atoms with Gasteiger partial charge in [-0.3, -0.25) is 4.79 Å². The van der Waals surface area contributed by atoms with Gasteiger partial charge in [0.15, 0.2) is 0 Å². The minimum Gasteiger partial charge on any atom is -0.488 e. The number of nitrogens with zero attached hydrogens (tertiary/aromatic N) is 1. The van der Waals surface area contributed by atoms with E-state index in [1.807, 2.05) is 26.0 Å². The first kappa shape index (κ1) is 13.6. The van der Waals surface area contributed by atoms with Crippen molar-refractivity contribution >= 4 is 5.91 Å². The molecule has 1 rings (SSSR count). The predicted octanol–water partition coefficient (Wildman–Crippen LogP) is 2.96. The van der Waals surface area contributed by atoms with Crippen LogP contribution in [0.15, 0.2) is 24.3 Å². The molecule has 0 aliphatic carbocycles. The minimum absolute atomic E-state index is 0.00583. The maximum absolute atomic E-state index is 11.7. The molecule has 1 aromatic rings. The topological polar surface area (TPSA) is 29.5 Å². The van der Waals surface area contributed by atoms with E-state index in [1.54, 1.807) is 31.1 Å². The molecule has 0 unspecified atom stereocenters. The Bertz CT molecular complexity index is 380. The molecule has 0 fully saturated rings. The van der Waals surface area contributed by atoms with E-state index < -0.39 is 0 Å². The van der Waals surface area contributed by atoms with E-state index >= 15 is 0 Å². The van der Waals surface area contributed by atoms with E-state index in [0.29, 0.717) is 5.56 Å². The van der Waals surface area contributed by atoms with Crippen molar-refractivity contribution in [2.24, 2.45) is 0 Å². The maximum Gasteiger partial charge on any atom is 0.253 e. The third-order valence-corrected chi connectivity index (χ3v) is 2.75. The van der Waals surface area contributed by atoms with Gasteiger partial charge in [-0.1, -0.05) is 6.92 Å². The lowest BCUT2D eigenvalue weighted by Crippen LogP contribution is -2.26. The molecular weight excluding hydrogens is 214 g/mol. The number of amides is 1. The van der Waals surface area contributed by atoms with Gasteiger partial charge in [-0.25, -0.2) is 0 Å². The number of benzene rings is 1. The molecule has 0 heterocycles. The zero-order valence-corrected chi connectivity index (χ0v) is 11.3. The first-order valence-electron chi connectivity index (χ1n) is 5.86. The Balaban J connectivity index is 2.78. The molecule has 0 spiro atoms. The summed E-state index contributed by atoms with van der Waals surface area (Å²) >= 11 is 0. The molecule has 3 nitrogen and oxygen atoms in total. The number of hydrogen-bond donors (Lipinski definition) is 0. The molecule has 0 atom stereocenters. The third-order valence-electron chi connectivity index (χ3n) is 2.75. The summed E-state index contributed by atoms with van der Waals surface area (Å²) in [5.74, 6) is 0.804. The van der Waals surface area contributed by atoms with Crippen molar-refractivity contribution in [1.29, 1.82) is 0 Å². The number of ether oxygens (including phenoxy) is 1. The molecule has 0 radical (unpaired) electrons. The monoisotopic (exact) mass is 235 g/mol. The zero-order chi connectivity index (χ0) is 13.1. The molecule has 0 saturated heterocycles. The fraction of sp³-hybridized carbons (Fsp3) is 0.500. The lowest BCUT2D eigenvalue weighted by atomic mass is 10.1. The molecule has 0 saturated carbocycles. The first-order valence-corrected chi connectivity index (χ1v) is 5.86. The van der Waals surface area contributed by atoms with Crippen LogP contribution in [0.1, 0.15) is 37.6 Å². The van der Waals surface area contributed by atoms with Gasteiger partial charge in [0.1, 0.15) is 11.4 Å². The van der Waals surface area contributed by atoms with Crippen LogP contribution in [0.5, 0.6) is 5.75 Å². The highest BCUT2D eigenvalue weighted by molar-refractivity contribution is 5.93. The second-order valence-corrected chi connectivity index (χ2v) is 4.94. The Morgan fingerprint density at radius 2 is 1.76 bits per heavy atom. The molecule has 1 amide bonds. The highest BCUT2D eigenvalue weighted by atomic mass is 16.5. The number of rotatable bonds is 4. The van der Waals surface area contributed by atoms with Crippen LogP contribution < -0.4 is 4.74 Å². The third kappa shape index (κ3) is 3.77. The largest absolute Gasteiger partial charge is 0.488 e. The fourth-order valence-electron chi connectivity index (χ4n) is 1.31. The summed E-state index contributed by atoms with van der Waals surface area (Å²) in [4.78, 5) is 13.2. The summed E-state index contributed by atoms with van der Waals surface area (Å²) in [7, 11) is 3.49. The second-order valence-electron chi connectivity index (χ2n) is 4.94. The molecule has 0 aromatic heterocycles. The van der Waals surface area contributed by atoms with Gasteiger partial charge in [0.05, 0.1) is 0 Å². The summed E-state index contributed by atoms with van der Waals surface area (Å²) in [6, 6.07) is 7.27. The lowest BCUT2D eigenvalue weighted by molar-refractivity contribution is 0.0827. The summed E-state index contributed by atoms with van der Waals surface area (Å²) in [6.07, 6.45) is 0.936. The van der Waals surface area contributed by atoms with Crippen LogP contribution in [0.2, 0.25) is 0 Å². The lowest BCUT2D eigenvalue weighted by Gasteiger charge is -2.25. The van der Waals surface area contributed by atoms with Crippen LogP contribution in [0.3, 0.4) is 0 Å². The Morgan fingerprint density at radius 3 is 2.18 bits per heavy atom. The van der Waals surface area contributed by atoms with Crippen LogP contribution in [0.4, 0.5) is 0 Å². The van der Waals surface area contributed by atoms with Gasteiger partial charge < -0.3 is 9.64 Å². The van der Waals surface area contributed by atoms with Crippen molar-refractivity contribution < 1.29 is 9.53 Å². The highest BCUT2D eigenvalue weighted by Crippen LogP contribution is 2.21. The molecule has 0 bridgehead atoms. The van der Waals surface area contributed by atoms with Crippen molar-refractivity contribution in [1.82, 2.24) is 4.90 Å². The molecule has 1 aromatic carbocycles. The van der Waals surface area contributed by atoms with E-state index in [-0.39, 0.29) is 11.5 Å². The summed E-state index contributed by atoms with van der Waals surface area (Å²) in [5.41, 5.74) is 0.504. The second kappa shape index (κ2) is 5.21. The van der Waals surface area contributed by atoms with Crippen LogP contribution >= 0.6 is 0 Å². The standard InChI is InChI=1S/C14H21NO2/c1-6-14(2,3)17-12-9-7-11(8-10-12)13(16)15(4)5/h7-10H,6H2,1-5H3. The molecule has 0 N–H and O–H groups in total.